The van der Waals surface area contributed by atoms with Crippen LogP contribution in [0.25, 0.3) is 0 Å². The van der Waals surface area contributed by atoms with E-state index >= 15 is 0 Å². The van der Waals surface area contributed by atoms with E-state index in [0.29, 0.717) is 6.54 Å². The summed E-state index contributed by atoms with van der Waals surface area (Å²) in [4.78, 5) is 5.47. The molecule has 0 saturated heterocycles. The number of benzene rings is 1. The van der Waals surface area contributed by atoms with Crippen molar-refractivity contribution in [3.63, 3.8) is 0 Å². The number of thiophene rings is 1. The van der Waals surface area contributed by atoms with Gasteiger partial charge in [-0.1, -0.05) is 29.8 Å². The van der Waals surface area contributed by atoms with Gasteiger partial charge >= 0.3 is 0 Å². The van der Waals surface area contributed by atoms with Crippen LogP contribution in [0.4, 0.5) is 0 Å². The molecule has 0 fully saturated rings. The normalized spacial score (nSPS) is 11.4. The number of hydrogen-bond acceptors (Lipinski definition) is 2. The van der Waals surface area contributed by atoms with Gasteiger partial charge in [0.05, 0.1) is 6.54 Å². The molecule has 0 bridgehead atoms. The van der Waals surface area contributed by atoms with Crippen molar-refractivity contribution in [2.24, 2.45) is 4.99 Å². The number of guanidine groups is 1. The van der Waals surface area contributed by atoms with Gasteiger partial charge in [-0.3, -0.25) is 4.99 Å². The minimum Gasteiger partial charge on any atom is -0.352 e. The summed E-state index contributed by atoms with van der Waals surface area (Å²) in [6.07, 6.45) is 0. The van der Waals surface area contributed by atoms with Crippen molar-refractivity contribution in [1.82, 2.24) is 10.6 Å². The third kappa shape index (κ3) is 4.58. The Kier molecular flexibility index (Phi) is 5.24. The van der Waals surface area contributed by atoms with Gasteiger partial charge < -0.3 is 10.6 Å². The van der Waals surface area contributed by atoms with E-state index in [9.17, 15) is 0 Å². The van der Waals surface area contributed by atoms with Gasteiger partial charge in [0.1, 0.15) is 0 Å². The number of nitrogens with zero attached hydrogens (tertiary/aromatic N) is 1. The summed E-state index contributed by atoms with van der Waals surface area (Å²) in [6, 6.07) is 11.9. The van der Waals surface area contributed by atoms with Gasteiger partial charge in [0.25, 0.3) is 0 Å². The minimum absolute atomic E-state index is 0.699. The van der Waals surface area contributed by atoms with Gasteiger partial charge in [-0.15, -0.1) is 11.3 Å². The zero-order valence-electron chi connectivity index (χ0n) is 10.7. The fourth-order valence-electron chi connectivity index (χ4n) is 1.64. The van der Waals surface area contributed by atoms with Gasteiger partial charge in [-0.05, 0) is 29.1 Å². The van der Waals surface area contributed by atoms with Crippen LogP contribution in [0.5, 0.6) is 0 Å². The van der Waals surface area contributed by atoms with Crippen LogP contribution >= 0.6 is 22.9 Å². The third-order valence-corrected chi connectivity index (χ3v) is 3.69. The zero-order chi connectivity index (χ0) is 13.5. The molecule has 2 aromatic rings. The van der Waals surface area contributed by atoms with Crippen molar-refractivity contribution in [1.29, 1.82) is 0 Å². The van der Waals surface area contributed by atoms with Crippen LogP contribution in [0.15, 0.2) is 46.8 Å². The van der Waals surface area contributed by atoms with Crippen LogP contribution in [0, 0.1) is 0 Å². The highest BCUT2D eigenvalue weighted by Crippen LogP contribution is 2.10. The average Bonchev–Trinajstić information content (AvgIpc) is 2.92. The summed E-state index contributed by atoms with van der Waals surface area (Å²) in [5.74, 6) is 0.786. The first-order valence-corrected chi connectivity index (χ1v) is 7.25. The lowest BCUT2D eigenvalue weighted by Gasteiger charge is -2.11. The Labute approximate surface area is 122 Å². The molecule has 0 unspecified atom stereocenters. The first-order valence-electron chi connectivity index (χ1n) is 5.99. The molecule has 0 aliphatic rings. The van der Waals surface area contributed by atoms with Gasteiger partial charge in [0.15, 0.2) is 5.96 Å². The van der Waals surface area contributed by atoms with Crippen LogP contribution in [0.1, 0.15) is 10.4 Å². The van der Waals surface area contributed by atoms with E-state index in [1.165, 1.54) is 4.88 Å². The number of hydrogen-bond donors (Lipinski definition) is 2. The Hall–Kier alpha value is -1.52. The maximum atomic E-state index is 5.95. The van der Waals surface area contributed by atoms with Crippen molar-refractivity contribution in [2.45, 2.75) is 13.1 Å². The molecule has 0 saturated carbocycles. The van der Waals surface area contributed by atoms with Crippen molar-refractivity contribution in [3.8, 4) is 0 Å². The van der Waals surface area contributed by atoms with Crippen molar-refractivity contribution < 1.29 is 0 Å². The van der Waals surface area contributed by atoms with E-state index in [-0.39, 0.29) is 0 Å². The monoisotopic (exact) mass is 293 g/mol. The maximum Gasteiger partial charge on any atom is 0.191 e. The summed E-state index contributed by atoms with van der Waals surface area (Å²) in [5.41, 5.74) is 1.13. The van der Waals surface area contributed by atoms with E-state index in [1.807, 2.05) is 30.3 Å². The van der Waals surface area contributed by atoms with Gasteiger partial charge in [-0.2, -0.15) is 0 Å². The summed E-state index contributed by atoms with van der Waals surface area (Å²) >= 11 is 7.68. The molecular formula is C14H16ClN3S. The van der Waals surface area contributed by atoms with Gasteiger partial charge in [0, 0.05) is 23.5 Å². The molecule has 0 radical (unpaired) electrons. The molecule has 0 spiro atoms. The summed E-state index contributed by atoms with van der Waals surface area (Å²) in [5, 5.41) is 9.35. The van der Waals surface area contributed by atoms with Gasteiger partial charge in [-0.25, -0.2) is 0 Å². The van der Waals surface area contributed by atoms with Gasteiger partial charge in [0.2, 0.25) is 0 Å². The molecule has 2 rings (SSSR count). The zero-order valence-corrected chi connectivity index (χ0v) is 12.3. The second-order valence-electron chi connectivity index (χ2n) is 3.99. The Morgan fingerprint density at radius 2 is 2.05 bits per heavy atom. The van der Waals surface area contributed by atoms with Crippen LogP contribution in [0.2, 0.25) is 5.02 Å². The Balaban J connectivity index is 1.83. The molecule has 1 aromatic carbocycles. The largest absolute Gasteiger partial charge is 0.352 e. The highest BCUT2D eigenvalue weighted by molar-refractivity contribution is 7.09. The summed E-state index contributed by atoms with van der Waals surface area (Å²) in [7, 11) is 1.77. The lowest BCUT2D eigenvalue weighted by molar-refractivity contribution is 0.815. The highest BCUT2D eigenvalue weighted by Gasteiger charge is 2.00. The fourth-order valence-corrected chi connectivity index (χ4v) is 2.49. The topological polar surface area (TPSA) is 36.4 Å². The molecule has 2 N–H and O–H groups in total. The molecule has 1 heterocycles. The number of nitrogens with one attached hydrogen (secondary N) is 2. The predicted octanol–water partition coefficient (Wildman–Crippen LogP) is 3.27. The molecule has 0 aliphatic heterocycles. The molecule has 0 amide bonds. The quantitative estimate of drug-likeness (QED) is 0.670. The Bertz CT molecular complexity index is 537. The van der Waals surface area contributed by atoms with Crippen LogP contribution in [0.3, 0.4) is 0 Å². The Morgan fingerprint density at radius 3 is 2.74 bits per heavy atom. The van der Waals surface area contributed by atoms with Crippen molar-refractivity contribution >= 4 is 28.9 Å². The van der Waals surface area contributed by atoms with Crippen molar-refractivity contribution in [3.05, 3.63) is 57.2 Å². The van der Waals surface area contributed by atoms with Crippen molar-refractivity contribution in [2.75, 3.05) is 7.05 Å². The van der Waals surface area contributed by atoms with E-state index in [4.69, 9.17) is 11.6 Å². The van der Waals surface area contributed by atoms with Crippen LogP contribution < -0.4 is 10.6 Å². The minimum atomic E-state index is 0.699. The molecule has 100 valence electrons. The van der Waals surface area contributed by atoms with E-state index in [1.54, 1.807) is 18.4 Å². The molecule has 19 heavy (non-hydrogen) atoms. The second-order valence-corrected chi connectivity index (χ2v) is 5.46. The molecule has 0 atom stereocenters. The average molecular weight is 294 g/mol. The van der Waals surface area contributed by atoms with Crippen LogP contribution in [-0.2, 0) is 13.1 Å². The van der Waals surface area contributed by atoms with E-state index in [0.717, 1.165) is 23.1 Å². The molecule has 3 nitrogen and oxygen atoms in total. The third-order valence-electron chi connectivity index (χ3n) is 2.58. The number of aliphatic imine (C=N–C) groups is 1. The lowest BCUT2D eigenvalue weighted by Crippen LogP contribution is -2.36. The first-order chi connectivity index (χ1) is 9.28. The first kappa shape index (κ1) is 13.9. The summed E-state index contributed by atoms with van der Waals surface area (Å²) < 4.78 is 0. The maximum absolute atomic E-state index is 5.95. The van der Waals surface area contributed by atoms with E-state index < -0.39 is 0 Å². The fraction of sp³-hybridized carbons (Fsp3) is 0.214. The van der Waals surface area contributed by atoms with Crippen LogP contribution in [-0.4, -0.2) is 13.0 Å². The molecule has 0 aliphatic carbocycles. The lowest BCUT2D eigenvalue weighted by atomic mass is 10.2. The highest BCUT2D eigenvalue weighted by atomic mass is 35.5. The number of rotatable bonds is 4. The second kappa shape index (κ2) is 7.16. The van der Waals surface area contributed by atoms with E-state index in [2.05, 4.69) is 27.1 Å². The Morgan fingerprint density at radius 1 is 1.21 bits per heavy atom. The SMILES string of the molecule is CN=C(NCc1cccc(Cl)c1)NCc1cccs1. The molecule has 1 aromatic heterocycles. The summed E-state index contributed by atoms with van der Waals surface area (Å²) in [6.45, 7) is 1.48. The number of halogens is 1. The smallest absolute Gasteiger partial charge is 0.191 e. The molecular weight excluding hydrogens is 278 g/mol. The predicted molar refractivity (Wildman–Crippen MR) is 82.8 cm³/mol. The molecule has 5 heteroatoms. The standard InChI is InChI=1S/C14H16ClN3S/c1-16-14(18-10-13-6-3-7-19-13)17-9-11-4-2-5-12(15)8-11/h2-8H,9-10H2,1H3,(H2,16,17,18).